The number of rotatable bonds is 5. The molecule has 0 saturated carbocycles. The van der Waals surface area contributed by atoms with Gasteiger partial charge in [0.05, 0.1) is 16.6 Å². The summed E-state index contributed by atoms with van der Waals surface area (Å²) in [5, 5.41) is 1.76. The molecule has 8 heteroatoms. The van der Waals surface area contributed by atoms with Crippen LogP contribution in [0.3, 0.4) is 0 Å². The van der Waals surface area contributed by atoms with Gasteiger partial charge in [0.2, 0.25) is 15.9 Å². The van der Waals surface area contributed by atoms with Crippen LogP contribution < -0.4 is 9.62 Å². The van der Waals surface area contributed by atoms with E-state index >= 15 is 0 Å². The fraction of sp³-hybridized carbons (Fsp3) is 0.261. The Kier molecular flexibility index (Phi) is 5.93. The Morgan fingerprint density at radius 3 is 2.29 bits per heavy atom. The van der Waals surface area contributed by atoms with Crippen LogP contribution in [0.4, 0.5) is 10.1 Å². The van der Waals surface area contributed by atoms with Crippen LogP contribution >= 0.6 is 0 Å². The molecule has 31 heavy (non-hydrogen) atoms. The van der Waals surface area contributed by atoms with Crippen molar-refractivity contribution in [1.29, 1.82) is 0 Å². The van der Waals surface area contributed by atoms with Crippen molar-refractivity contribution in [3.63, 3.8) is 0 Å². The van der Waals surface area contributed by atoms with Crippen LogP contribution in [0.1, 0.15) is 6.92 Å². The van der Waals surface area contributed by atoms with Gasteiger partial charge in [0.1, 0.15) is 5.82 Å². The Balaban J connectivity index is 1.40. The molecule has 1 saturated heterocycles. The molecule has 3 aromatic carbocycles. The summed E-state index contributed by atoms with van der Waals surface area (Å²) in [5.41, 5.74) is 0.514. The summed E-state index contributed by atoms with van der Waals surface area (Å²) in [6.45, 7) is 3.31. The van der Waals surface area contributed by atoms with E-state index < -0.39 is 16.1 Å². The third kappa shape index (κ3) is 4.55. The highest BCUT2D eigenvalue weighted by molar-refractivity contribution is 7.89. The molecule has 0 spiro atoms. The molecular formula is C23H24FN3O3S. The molecule has 1 aliphatic heterocycles. The number of halogens is 1. The van der Waals surface area contributed by atoms with Gasteiger partial charge in [-0.05, 0) is 42.0 Å². The van der Waals surface area contributed by atoms with Gasteiger partial charge in [0, 0.05) is 26.2 Å². The number of carbonyl (C=O) groups excluding carboxylic acids is 1. The standard InChI is InChI=1S/C23H24FN3O3S/c1-17(25-31(29,30)20-11-10-18-6-2-3-7-19(18)16-20)23(28)27-14-12-26(13-15-27)22-9-5-4-8-21(22)24/h2-11,16-17,25H,12-15H2,1H3/t17-/m1/s1. The van der Waals surface area contributed by atoms with Crippen LogP contribution in [0.2, 0.25) is 0 Å². The molecule has 0 unspecified atom stereocenters. The monoisotopic (exact) mass is 441 g/mol. The molecule has 1 amide bonds. The number of hydrogen-bond donors (Lipinski definition) is 1. The van der Waals surface area contributed by atoms with Crippen molar-refractivity contribution >= 4 is 32.4 Å². The number of fused-ring (bicyclic) bond motifs is 1. The first-order valence-corrected chi connectivity index (χ1v) is 11.6. The molecule has 162 valence electrons. The Bertz CT molecular complexity index is 1210. The van der Waals surface area contributed by atoms with Crippen molar-refractivity contribution in [2.45, 2.75) is 17.9 Å². The summed E-state index contributed by atoms with van der Waals surface area (Å²) < 4.78 is 42.1. The maximum absolute atomic E-state index is 14.0. The molecule has 3 aromatic rings. The second-order valence-electron chi connectivity index (χ2n) is 7.62. The molecule has 1 heterocycles. The van der Waals surface area contributed by atoms with Crippen LogP contribution in [0.25, 0.3) is 10.8 Å². The van der Waals surface area contributed by atoms with Crippen molar-refractivity contribution in [3.8, 4) is 0 Å². The van der Waals surface area contributed by atoms with Crippen molar-refractivity contribution in [1.82, 2.24) is 9.62 Å². The van der Waals surface area contributed by atoms with Crippen LogP contribution in [0.15, 0.2) is 71.6 Å². The van der Waals surface area contributed by atoms with Crippen molar-refractivity contribution in [2.24, 2.45) is 0 Å². The summed E-state index contributed by atoms with van der Waals surface area (Å²) >= 11 is 0. The van der Waals surface area contributed by atoms with E-state index in [1.807, 2.05) is 29.2 Å². The second-order valence-corrected chi connectivity index (χ2v) is 9.33. The average molecular weight is 442 g/mol. The number of benzene rings is 3. The molecule has 1 aliphatic rings. The van der Waals surface area contributed by atoms with E-state index in [-0.39, 0.29) is 16.6 Å². The first-order chi connectivity index (χ1) is 14.8. The predicted octanol–water partition coefficient (Wildman–Crippen LogP) is 2.99. The number of carbonyl (C=O) groups is 1. The van der Waals surface area contributed by atoms with Crippen LogP contribution in [-0.4, -0.2) is 51.4 Å². The molecule has 6 nitrogen and oxygen atoms in total. The minimum absolute atomic E-state index is 0.121. The first kappa shape index (κ1) is 21.3. The van der Waals surface area contributed by atoms with Gasteiger partial charge in [-0.25, -0.2) is 12.8 Å². The molecule has 0 aromatic heterocycles. The van der Waals surface area contributed by atoms with E-state index in [1.165, 1.54) is 12.1 Å². The Morgan fingerprint density at radius 2 is 1.58 bits per heavy atom. The average Bonchev–Trinajstić information content (AvgIpc) is 2.78. The Labute approximate surface area is 181 Å². The number of para-hydroxylation sites is 1. The molecule has 0 radical (unpaired) electrons. The maximum Gasteiger partial charge on any atom is 0.241 e. The quantitative estimate of drug-likeness (QED) is 0.661. The largest absolute Gasteiger partial charge is 0.366 e. The molecule has 1 atom stereocenters. The van der Waals surface area contributed by atoms with Crippen molar-refractivity contribution < 1.29 is 17.6 Å². The molecule has 0 bridgehead atoms. The smallest absolute Gasteiger partial charge is 0.241 e. The van der Waals surface area contributed by atoms with Crippen LogP contribution in [0, 0.1) is 5.82 Å². The fourth-order valence-corrected chi connectivity index (χ4v) is 5.07. The fourth-order valence-electron chi connectivity index (χ4n) is 3.84. The molecule has 1 N–H and O–H groups in total. The van der Waals surface area contributed by atoms with E-state index in [2.05, 4.69) is 4.72 Å². The predicted molar refractivity (Wildman–Crippen MR) is 119 cm³/mol. The van der Waals surface area contributed by atoms with Gasteiger partial charge in [-0.1, -0.05) is 42.5 Å². The zero-order valence-corrected chi connectivity index (χ0v) is 18.0. The topological polar surface area (TPSA) is 69.7 Å². The summed E-state index contributed by atoms with van der Waals surface area (Å²) in [4.78, 5) is 16.5. The lowest BCUT2D eigenvalue weighted by atomic mass is 10.1. The number of anilines is 1. The number of hydrogen-bond acceptors (Lipinski definition) is 4. The third-order valence-electron chi connectivity index (χ3n) is 5.52. The maximum atomic E-state index is 14.0. The lowest BCUT2D eigenvalue weighted by molar-refractivity contribution is -0.132. The lowest BCUT2D eigenvalue weighted by Crippen LogP contribution is -2.54. The van der Waals surface area contributed by atoms with E-state index in [9.17, 15) is 17.6 Å². The van der Waals surface area contributed by atoms with Gasteiger partial charge < -0.3 is 9.80 Å². The van der Waals surface area contributed by atoms with Gasteiger partial charge in [0.15, 0.2) is 0 Å². The van der Waals surface area contributed by atoms with Gasteiger partial charge in [-0.3, -0.25) is 4.79 Å². The number of piperazine rings is 1. The minimum Gasteiger partial charge on any atom is -0.366 e. The number of nitrogens with zero attached hydrogens (tertiary/aromatic N) is 2. The highest BCUT2D eigenvalue weighted by atomic mass is 32.2. The number of amides is 1. The zero-order chi connectivity index (χ0) is 22.0. The van der Waals surface area contributed by atoms with Gasteiger partial charge >= 0.3 is 0 Å². The molecular weight excluding hydrogens is 417 g/mol. The van der Waals surface area contributed by atoms with E-state index in [4.69, 9.17) is 0 Å². The molecule has 4 rings (SSSR count). The highest BCUT2D eigenvalue weighted by Crippen LogP contribution is 2.21. The normalized spacial score (nSPS) is 15.8. The lowest BCUT2D eigenvalue weighted by Gasteiger charge is -2.37. The van der Waals surface area contributed by atoms with Gasteiger partial charge in [0.25, 0.3) is 0 Å². The number of sulfonamides is 1. The number of nitrogens with one attached hydrogen (secondary N) is 1. The van der Waals surface area contributed by atoms with Crippen LogP contribution in [-0.2, 0) is 14.8 Å². The van der Waals surface area contributed by atoms with Crippen molar-refractivity contribution in [2.75, 3.05) is 31.1 Å². The van der Waals surface area contributed by atoms with Crippen LogP contribution in [0.5, 0.6) is 0 Å². The van der Waals surface area contributed by atoms with E-state index in [0.29, 0.717) is 31.9 Å². The second kappa shape index (κ2) is 8.64. The van der Waals surface area contributed by atoms with E-state index in [0.717, 1.165) is 10.8 Å². The highest BCUT2D eigenvalue weighted by Gasteiger charge is 2.29. The summed E-state index contributed by atoms with van der Waals surface area (Å²) in [7, 11) is -3.85. The van der Waals surface area contributed by atoms with Gasteiger partial charge in [-0.15, -0.1) is 0 Å². The Hall–Kier alpha value is -2.97. The zero-order valence-electron chi connectivity index (χ0n) is 17.2. The van der Waals surface area contributed by atoms with Gasteiger partial charge in [-0.2, -0.15) is 4.72 Å². The SMILES string of the molecule is C[C@@H](NS(=O)(=O)c1ccc2ccccc2c1)C(=O)N1CCN(c2ccccc2F)CC1. The third-order valence-corrected chi connectivity index (χ3v) is 7.06. The molecule has 1 fully saturated rings. The summed E-state index contributed by atoms with van der Waals surface area (Å²) in [6.07, 6.45) is 0. The first-order valence-electron chi connectivity index (χ1n) is 10.1. The summed E-state index contributed by atoms with van der Waals surface area (Å²) in [5.74, 6) is -0.587. The van der Waals surface area contributed by atoms with E-state index in [1.54, 1.807) is 42.2 Å². The Morgan fingerprint density at radius 1 is 0.935 bits per heavy atom. The van der Waals surface area contributed by atoms with Crippen molar-refractivity contribution in [3.05, 3.63) is 72.5 Å². The summed E-state index contributed by atoms with van der Waals surface area (Å²) in [6, 6.07) is 18.0. The molecule has 0 aliphatic carbocycles. The minimum atomic E-state index is -3.85.